The van der Waals surface area contributed by atoms with Gasteiger partial charge in [-0.15, -0.1) is 0 Å². The first kappa shape index (κ1) is 18.5. The van der Waals surface area contributed by atoms with Crippen LogP contribution in [0.3, 0.4) is 0 Å². The lowest BCUT2D eigenvalue weighted by Crippen LogP contribution is -2.16. The Balaban J connectivity index is 2.39. The van der Waals surface area contributed by atoms with Crippen LogP contribution in [0.15, 0.2) is 28.9 Å². The summed E-state index contributed by atoms with van der Waals surface area (Å²) in [5.74, 6) is 0.0349. The van der Waals surface area contributed by atoms with Gasteiger partial charge in [-0.3, -0.25) is 4.57 Å². The van der Waals surface area contributed by atoms with Crippen molar-refractivity contribution in [2.75, 3.05) is 13.2 Å². The van der Waals surface area contributed by atoms with E-state index in [-0.39, 0.29) is 11.8 Å². The van der Waals surface area contributed by atoms with Gasteiger partial charge in [0, 0.05) is 16.1 Å². The minimum Gasteiger partial charge on any atom is -0.462 e. The van der Waals surface area contributed by atoms with Crippen molar-refractivity contribution in [1.82, 2.24) is 4.57 Å². The van der Waals surface area contributed by atoms with Gasteiger partial charge in [0.15, 0.2) is 0 Å². The van der Waals surface area contributed by atoms with Crippen LogP contribution in [0, 0.1) is 11.8 Å². The predicted molar refractivity (Wildman–Crippen MR) is 96.3 cm³/mol. The van der Waals surface area contributed by atoms with Crippen LogP contribution in [-0.2, 0) is 9.47 Å². The maximum atomic E-state index is 12.4. The maximum Gasteiger partial charge on any atom is 0.418 e. The van der Waals surface area contributed by atoms with Gasteiger partial charge in [0.2, 0.25) is 0 Å². The zero-order chi connectivity index (χ0) is 17.9. The van der Waals surface area contributed by atoms with Crippen LogP contribution in [0.25, 0.3) is 10.9 Å². The Morgan fingerprint density at radius 1 is 1.08 bits per heavy atom. The zero-order valence-electron chi connectivity index (χ0n) is 14.3. The summed E-state index contributed by atoms with van der Waals surface area (Å²) in [6.45, 7) is 8.52. The smallest absolute Gasteiger partial charge is 0.418 e. The number of hydrogen-bond acceptors (Lipinski definition) is 4. The Labute approximate surface area is 150 Å². The molecule has 5 nitrogen and oxygen atoms in total. The third-order valence-electron chi connectivity index (χ3n) is 3.27. The Kier molecular flexibility index (Phi) is 6.04. The monoisotopic (exact) mass is 395 g/mol. The molecule has 0 aliphatic rings. The first-order valence-corrected chi connectivity index (χ1v) is 8.73. The number of nitrogens with zero attached hydrogens (tertiary/aromatic N) is 1. The van der Waals surface area contributed by atoms with Crippen molar-refractivity contribution in [2.24, 2.45) is 11.8 Å². The van der Waals surface area contributed by atoms with E-state index in [9.17, 15) is 9.59 Å². The van der Waals surface area contributed by atoms with E-state index in [0.29, 0.717) is 29.7 Å². The van der Waals surface area contributed by atoms with Crippen molar-refractivity contribution in [3.63, 3.8) is 0 Å². The van der Waals surface area contributed by atoms with Crippen LogP contribution in [0.1, 0.15) is 38.1 Å². The summed E-state index contributed by atoms with van der Waals surface area (Å²) in [4.78, 5) is 24.7. The molecule has 0 aliphatic heterocycles. The lowest BCUT2D eigenvalue weighted by atomic mass is 10.2. The molecular weight excluding hydrogens is 374 g/mol. The van der Waals surface area contributed by atoms with Crippen molar-refractivity contribution in [2.45, 2.75) is 27.7 Å². The number of fused-ring (bicyclic) bond motifs is 1. The number of aromatic nitrogens is 1. The summed E-state index contributed by atoms with van der Waals surface area (Å²) in [6.07, 6.45) is 0.988. The molecular formula is C18H22BrNO4. The van der Waals surface area contributed by atoms with Gasteiger partial charge in [-0.2, -0.15) is 0 Å². The highest BCUT2D eigenvalue weighted by Gasteiger charge is 2.21. The average Bonchev–Trinajstić information content (AvgIpc) is 2.88. The molecule has 0 atom stereocenters. The Morgan fingerprint density at radius 2 is 1.71 bits per heavy atom. The summed E-state index contributed by atoms with van der Waals surface area (Å²) in [7, 11) is 0. The molecule has 0 radical (unpaired) electrons. The van der Waals surface area contributed by atoms with Crippen LogP contribution >= 0.6 is 15.9 Å². The highest BCUT2D eigenvalue weighted by Crippen LogP contribution is 2.26. The van der Waals surface area contributed by atoms with Gasteiger partial charge in [0.1, 0.15) is 0 Å². The fraction of sp³-hybridized carbons (Fsp3) is 0.444. The van der Waals surface area contributed by atoms with E-state index < -0.39 is 12.1 Å². The second-order valence-electron chi connectivity index (χ2n) is 6.54. The quantitative estimate of drug-likeness (QED) is 0.678. The maximum absolute atomic E-state index is 12.4. The molecule has 0 aliphatic carbocycles. The van der Waals surface area contributed by atoms with E-state index in [0.717, 1.165) is 4.47 Å². The normalized spacial score (nSPS) is 11.3. The minimum absolute atomic E-state index is 0.236. The second-order valence-corrected chi connectivity index (χ2v) is 7.45. The zero-order valence-corrected chi connectivity index (χ0v) is 15.9. The fourth-order valence-electron chi connectivity index (χ4n) is 2.14. The molecule has 0 fully saturated rings. The molecule has 0 unspecified atom stereocenters. The van der Waals surface area contributed by atoms with Gasteiger partial charge >= 0.3 is 12.1 Å². The van der Waals surface area contributed by atoms with Crippen LogP contribution < -0.4 is 0 Å². The molecule has 130 valence electrons. The minimum atomic E-state index is -0.501. The Bertz CT molecular complexity index is 749. The lowest BCUT2D eigenvalue weighted by Gasteiger charge is -2.08. The Hall–Kier alpha value is -1.82. The van der Waals surface area contributed by atoms with Gasteiger partial charge in [-0.05, 0) is 30.0 Å². The van der Waals surface area contributed by atoms with Crippen LogP contribution in [0.2, 0.25) is 0 Å². The molecule has 2 aromatic rings. The molecule has 0 bridgehead atoms. The van der Waals surface area contributed by atoms with Crippen LogP contribution in [0.5, 0.6) is 0 Å². The van der Waals surface area contributed by atoms with Crippen molar-refractivity contribution < 1.29 is 19.1 Å². The summed E-state index contributed by atoms with van der Waals surface area (Å²) >= 11 is 3.40. The van der Waals surface area contributed by atoms with Gasteiger partial charge in [-0.1, -0.05) is 43.6 Å². The SMILES string of the molecule is CC(C)COC(=O)c1cn(C(=O)OCC(C)C)c2ccc(Br)cc12. The molecule has 1 heterocycles. The molecule has 2 rings (SSSR count). The van der Waals surface area contributed by atoms with E-state index in [1.165, 1.54) is 10.8 Å². The number of ether oxygens (including phenoxy) is 2. The molecule has 24 heavy (non-hydrogen) atoms. The molecule has 0 amide bonds. The summed E-state index contributed by atoms with van der Waals surface area (Å²) in [6, 6.07) is 5.39. The van der Waals surface area contributed by atoms with Gasteiger partial charge in [0.25, 0.3) is 0 Å². The second kappa shape index (κ2) is 7.83. The first-order chi connectivity index (χ1) is 11.3. The first-order valence-electron chi connectivity index (χ1n) is 7.94. The van der Waals surface area contributed by atoms with Crippen molar-refractivity contribution in [3.8, 4) is 0 Å². The fourth-order valence-corrected chi connectivity index (χ4v) is 2.50. The lowest BCUT2D eigenvalue weighted by molar-refractivity contribution is 0.0461. The molecule has 0 N–H and O–H groups in total. The van der Waals surface area contributed by atoms with Crippen LogP contribution in [-0.4, -0.2) is 29.8 Å². The van der Waals surface area contributed by atoms with Gasteiger partial charge in [-0.25, -0.2) is 9.59 Å². The molecule has 0 saturated carbocycles. The summed E-state index contributed by atoms with van der Waals surface area (Å²) < 4.78 is 12.8. The van der Waals surface area contributed by atoms with Crippen molar-refractivity contribution >= 4 is 38.9 Å². The van der Waals surface area contributed by atoms with E-state index >= 15 is 0 Å². The topological polar surface area (TPSA) is 57.5 Å². The standard InChI is InChI=1S/C18H22BrNO4/c1-11(2)9-23-17(21)15-8-20(18(22)24-10-12(3)4)16-6-5-13(19)7-14(15)16/h5-8,11-12H,9-10H2,1-4H3. The van der Waals surface area contributed by atoms with Crippen LogP contribution in [0.4, 0.5) is 4.79 Å². The number of carbonyl (C=O) groups excluding carboxylic acids is 2. The van der Waals surface area contributed by atoms with Crippen molar-refractivity contribution in [1.29, 1.82) is 0 Å². The number of esters is 1. The number of benzene rings is 1. The van der Waals surface area contributed by atoms with Gasteiger partial charge in [0.05, 0.1) is 24.3 Å². The third-order valence-corrected chi connectivity index (χ3v) is 3.76. The number of carbonyl (C=O) groups is 2. The number of hydrogen-bond donors (Lipinski definition) is 0. The Morgan fingerprint density at radius 3 is 2.33 bits per heavy atom. The van der Waals surface area contributed by atoms with E-state index in [1.807, 2.05) is 33.8 Å². The third kappa shape index (κ3) is 4.38. The molecule has 1 aromatic carbocycles. The number of halogens is 1. The summed E-state index contributed by atoms with van der Waals surface area (Å²) in [5.41, 5.74) is 0.969. The molecule has 0 saturated heterocycles. The van der Waals surface area contributed by atoms with Crippen molar-refractivity contribution in [3.05, 3.63) is 34.4 Å². The van der Waals surface area contributed by atoms with E-state index in [4.69, 9.17) is 9.47 Å². The molecule has 1 aromatic heterocycles. The van der Waals surface area contributed by atoms with Gasteiger partial charge < -0.3 is 9.47 Å². The average molecular weight is 396 g/mol. The highest BCUT2D eigenvalue weighted by molar-refractivity contribution is 9.10. The highest BCUT2D eigenvalue weighted by atomic mass is 79.9. The molecule has 0 spiro atoms. The van der Waals surface area contributed by atoms with E-state index in [1.54, 1.807) is 12.1 Å². The molecule has 6 heteroatoms. The number of rotatable bonds is 5. The van der Waals surface area contributed by atoms with E-state index in [2.05, 4.69) is 15.9 Å². The summed E-state index contributed by atoms with van der Waals surface area (Å²) in [5, 5.41) is 0.652. The largest absolute Gasteiger partial charge is 0.462 e. The predicted octanol–water partition coefficient (Wildman–Crippen LogP) is 4.86.